The average molecular weight is 329 g/mol. The Balaban J connectivity index is 1.74. The van der Waals surface area contributed by atoms with Crippen LogP contribution < -0.4 is 5.32 Å². The van der Waals surface area contributed by atoms with Crippen LogP contribution in [0, 0.1) is 6.92 Å². The van der Waals surface area contributed by atoms with Crippen LogP contribution in [0.3, 0.4) is 0 Å². The molecule has 0 unspecified atom stereocenters. The fraction of sp³-hybridized carbons (Fsp3) is 0.353. The van der Waals surface area contributed by atoms with Gasteiger partial charge in [0, 0.05) is 29.6 Å². The van der Waals surface area contributed by atoms with Crippen molar-refractivity contribution >= 4 is 28.8 Å². The van der Waals surface area contributed by atoms with Crippen molar-refractivity contribution in [3.05, 3.63) is 45.9 Å². The minimum absolute atomic E-state index is 0.0209. The van der Waals surface area contributed by atoms with E-state index in [1.165, 1.54) is 6.92 Å². The molecule has 120 valence electrons. The average Bonchev–Trinajstić information content (AvgIpc) is 3.27. The van der Waals surface area contributed by atoms with Crippen molar-refractivity contribution in [3.63, 3.8) is 0 Å². The van der Waals surface area contributed by atoms with Crippen molar-refractivity contribution < 1.29 is 9.59 Å². The van der Waals surface area contributed by atoms with E-state index in [1.807, 2.05) is 17.2 Å². The normalized spacial score (nSPS) is 13.7. The molecule has 0 saturated heterocycles. The Morgan fingerprint density at radius 1 is 1.30 bits per heavy atom. The largest absolute Gasteiger partial charge is 0.330 e. The van der Waals surface area contributed by atoms with E-state index < -0.39 is 0 Å². The summed E-state index contributed by atoms with van der Waals surface area (Å²) >= 11 is 1.60. The summed E-state index contributed by atoms with van der Waals surface area (Å²) in [6, 6.07) is 7.35. The van der Waals surface area contributed by atoms with E-state index in [4.69, 9.17) is 0 Å². The first-order chi connectivity index (χ1) is 11.0. The van der Waals surface area contributed by atoms with Gasteiger partial charge < -0.3 is 10.2 Å². The molecule has 0 aliphatic heterocycles. The summed E-state index contributed by atoms with van der Waals surface area (Å²) in [6.07, 6.45) is 2.11. The van der Waals surface area contributed by atoms with Crippen LogP contribution in [0.1, 0.15) is 40.8 Å². The molecule has 1 fully saturated rings. The smallest absolute Gasteiger partial charge is 0.254 e. The summed E-state index contributed by atoms with van der Waals surface area (Å²) in [5.41, 5.74) is 2.28. The fourth-order valence-corrected chi connectivity index (χ4v) is 3.08. The summed E-state index contributed by atoms with van der Waals surface area (Å²) in [7, 11) is 0. The number of hydrogen-bond acceptors (Lipinski definition) is 4. The molecule has 1 aliphatic rings. The highest BCUT2D eigenvalue weighted by molar-refractivity contribution is 7.09. The molecule has 1 aromatic heterocycles. The van der Waals surface area contributed by atoms with E-state index in [0.29, 0.717) is 23.8 Å². The van der Waals surface area contributed by atoms with Crippen LogP contribution in [0.2, 0.25) is 0 Å². The Bertz CT molecular complexity index is 720. The van der Waals surface area contributed by atoms with Crippen LogP contribution in [0.15, 0.2) is 29.6 Å². The fourth-order valence-electron chi connectivity index (χ4n) is 2.47. The third-order valence-electron chi connectivity index (χ3n) is 3.70. The van der Waals surface area contributed by atoms with Crippen LogP contribution in [-0.2, 0) is 11.3 Å². The van der Waals surface area contributed by atoms with Crippen LogP contribution in [0.25, 0.3) is 0 Å². The molecule has 0 atom stereocenters. The van der Waals surface area contributed by atoms with Gasteiger partial charge in [-0.2, -0.15) is 0 Å². The van der Waals surface area contributed by atoms with Crippen molar-refractivity contribution in [1.29, 1.82) is 0 Å². The highest BCUT2D eigenvalue weighted by Crippen LogP contribution is 2.30. The van der Waals surface area contributed by atoms with Gasteiger partial charge in [-0.05, 0) is 44.0 Å². The molecule has 6 heteroatoms. The first-order valence-electron chi connectivity index (χ1n) is 7.62. The molecular formula is C17H19N3O2S. The number of carbonyl (C=O) groups is 2. The second-order valence-electron chi connectivity index (χ2n) is 5.78. The summed E-state index contributed by atoms with van der Waals surface area (Å²) in [4.78, 5) is 30.2. The zero-order valence-corrected chi connectivity index (χ0v) is 14.0. The lowest BCUT2D eigenvalue weighted by Gasteiger charge is -2.21. The molecule has 1 aromatic carbocycles. The molecule has 0 radical (unpaired) electrons. The third-order valence-corrected chi connectivity index (χ3v) is 4.52. The second-order valence-corrected chi connectivity index (χ2v) is 6.84. The van der Waals surface area contributed by atoms with Gasteiger partial charge in [-0.3, -0.25) is 9.59 Å². The topological polar surface area (TPSA) is 62.3 Å². The number of nitrogens with zero attached hydrogens (tertiary/aromatic N) is 2. The van der Waals surface area contributed by atoms with Crippen LogP contribution in [-0.4, -0.2) is 27.7 Å². The predicted octanol–water partition coefficient (Wildman–Crippen LogP) is 3.21. The molecule has 0 spiro atoms. The van der Waals surface area contributed by atoms with Gasteiger partial charge in [-0.15, -0.1) is 11.3 Å². The SMILES string of the molecule is CC(=O)Nc1ccc(C(=O)N(Cc2csc(C)n2)C2CC2)cc1. The number of thiazole rings is 1. The Labute approximate surface area is 139 Å². The monoisotopic (exact) mass is 329 g/mol. The van der Waals surface area contributed by atoms with Gasteiger partial charge in [0.1, 0.15) is 0 Å². The maximum absolute atomic E-state index is 12.8. The van der Waals surface area contributed by atoms with Crippen LogP contribution in [0.5, 0.6) is 0 Å². The van der Waals surface area contributed by atoms with Crippen molar-refractivity contribution in [2.24, 2.45) is 0 Å². The number of hydrogen-bond donors (Lipinski definition) is 1. The Hall–Kier alpha value is -2.21. The number of benzene rings is 1. The molecule has 3 rings (SSSR count). The van der Waals surface area contributed by atoms with E-state index in [2.05, 4.69) is 10.3 Å². The van der Waals surface area contributed by atoms with Crippen molar-refractivity contribution in [2.45, 2.75) is 39.3 Å². The summed E-state index contributed by atoms with van der Waals surface area (Å²) in [5, 5.41) is 5.73. The lowest BCUT2D eigenvalue weighted by atomic mass is 10.1. The first kappa shape index (κ1) is 15.7. The Kier molecular flexibility index (Phi) is 4.43. The maximum Gasteiger partial charge on any atom is 0.254 e. The van der Waals surface area contributed by atoms with Gasteiger partial charge >= 0.3 is 0 Å². The standard InChI is InChI=1S/C17H19N3O2S/c1-11(21)18-14-5-3-13(4-6-14)17(22)20(16-7-8-16)9-15-10-23-12(2)19-15/h3-6,10,16H,7-9H2,1-2H3,(H,18,21). The van der Waals surface area contributed by atoms with Gasteiger partial charge in [-0.1, -0.05) is 0 Å². The van der Waals surface area contributed by atoms with E-state index in [1.54, 1.807) is 35.6 Å². The van der Waals surface area contributed by atoms with E-state index in [9.17, 15) is 9.59 Å². The number of nitrogens with one attached hydrogen (secondary N) is 1. The quantitative estimate of drug-likeness (QED) is 0.916. The lowest BCUT2D eigenvalue weighted by molar-refractivity contribution is -0.114. The van der Waals surface area contributed by atoms with Crippen molar-refractivity contribution in [2.75, 3.05) is 5.32 Å². The van der Waals surface area contributed by atoms with E-state index >= 15 is 0 Å². The highest BCUT2D eigenvalue weighted by atomic mass is 32.1. The van der Waals surface area contributed by atoms with Gasteiger partial charge in [-0.25, -0.2) is 4.98 Å². The molecular weight excluding hydrogens is 310 g/mol. The molecule has 2 aromatic rings. The molecule has 1 heterocycles. The van der Waals surface area contributed by atoms with Gasteiger partial charge in [0.05, 0.1) is 17.2 Å². The molecule has 1 aliphatic carbocycles. The lowest BCUT2D eigenvalue weighted by Crippen LogP contribution is -2.32. The molecule has 5 nitrogen and oxygen atoms in total. The number of aromatic nitrogens is 1. The predicted molar refractivity (Wildman–Crippen MR) is 90.5 cm³/mol. The third kappa shape index (κ3) is 3.96. The molecule has 2 amide bonds. The number of carbonyl (C=O) groups excluding carboxylic acids is 2. The number of rotatable bonds is 5. The van der Waals surface area contributed by atoms with Gasteiger partial charge in [0.25, 0.3) is 5.91 Å². The second kappa shape index (κ2) is 6.50. The zero-order valence-electron chi connectivity index (χ0n) is 13.2. The highest BCUT2D eigenvalue weighted by Gasteiger charge is 2.33. The number of aryl methyl sites for hydroxylation is 1. The number of anilines is 1. The molecule has 1 saturated carbocycles. The minimum atomic E-state index is -0.123. The number of amides is 2. The molecule has 1 N–H and O–H groups in total. The molecule has 0 bridgehead atoms. The van der Waals surface area contributed by atoms with Crippen molar-refractivity contribution in [1.82, 2.24) is 9.88 Å². The Morgan fingerprint density at radius 2 is 2.00 bits per heavy atom. The Morgan fingerprint density at radius 3 is 2.52 bits per heavy atom. The van der Waals surface area contributed by atoms with Gasteiger partial charge in [0.15, 0.2) is 0 Å². The van der Waals surface area contributed by atoms with Crippen LogP contribution in [0.4, 0.5) is 5.69 Å². The zero-order chi connectivity index (χ0) is 16.4. The first-order valence-corrected chi connectivity index (χ1v) is 8.50. The van der Waals surface area contributed by atoms with E-state index in [0.717, 1.165) is 23.5 Å². The van der Waals surface area contributed by atoms with Crippen LogP contribution >= 0.6 is 11.3 Å². The summed E-state index contributed by atoms with van der Waals surface area (Å²) < 4.78 is 0. The summed E-state index contributed by atoms with van der Waals surface area (Å²) in [5.74, 6) is -0.102. The van der Waals surface area contributed by atoms with Gasteiger partial charge in [0.2, 0.25) is 5.91 Å². The minimum Gasteiger partial charge on any atom is -0.330 e. The maximum atomic E-state index is 12.8. The summed E-state index contributed by atoms with van der Waals surface area (Å²) in [6.45, 7) is 3.99. The molecule has 23 heavy (non-hydrogen) atoms. The van der Waals surface area contributed by atoms with E-state index in [-0.39, 0.29) is 11.8 Å². The van der Waals surface area contributed by atoms with Crippen molar-refractivity contribution in [3.8, 4) is 0 Å².